The van der Waals surface area contributed by atoms with Crippen molar-refractivity contribution in [1.82, 2.24) is 4.57 Å². The van der Waals surface area contributed by atoms with Crippen molar-refractivity contribution in [2.45, 2.75) is 32.7 Å². The molecule has 0 unspecified atom stereocenters. The lowest BCUT2D eigenvalue weighted by molar-refractivity contribution is 0.100. The number of nitrogens with zero attached hydrogens (tertiary/aromatic N) is 1. The molecule has 168 valence electrons. The van der Waals surface area contributed by atoms with Crippen LogP contribution >= 0.6 is 0 Å². The minimum atomic E-state index is -0.220. The van der Waals surface area contributed by atoms with Crippen molar-refractivity contribution in [2.75, 3.05) is 0 Å². The lowest BCUT2D eigenvalue weighted by Crippen LogP contribution is -2.21. The number of Topliss-reactive ketones (excluding diaryl/α,β-unsaturated/α-hetero) is 2. The summed E-state index contributed by atoms with van der Waals surface area (Å²) >= 11 is 0. The largest absolute Gasteiger partial charge is 0.340 e. The lowest BCUT2D eigenvalue weighted by atomic mass is 9.88. The summed E-state index contributed by atoms with van der Waals surface area (Å²) in [5, 5.41) is 0. The first-order chi connectivity index (χ1) is 16.5. The number of hydrogen-bond donors (Lipinski definition) is 0. The number of benzene rings is 2. The molecular weight excluding hydrogens is 426 g/mol. The molecule has 0 radical (unpaired) electrons. The highest BCUT2D eigenvalue weighted by atomic mass is 16.1. The van der Waals surface area contributed by atoms with E-state index in [2.05, 4.69) is 6.92 Å². The van der Waals surface area contributed by atoms with Crippen molar-refractivity contribution in [3.63, 3.8) is 0 Å². The third-order valence-corrected chi connectivity index (χ3v) is 6.43. The number of rotatable bonds is 6. The average molecular weight is 450 g/mol. The zero-order chi connectivity index (χ0) is 23.8. The molecule has 0 aliphatic heterocycles. The van der Waals surface area contributed by atoms with Crippen molar-refractivity contribution in [2.24, 2.45) is 0 Å². The van der Waals surface area contributed by atoms with E-state index in [0.717, 1.165) is 19.3 Å². The SMILES string of the molecule is CCCCCn1c(C2=CC(=O)c3ccccc3C2=O)ccc1C1=CC(=O)c2ccccc2C1=O. The minimum absolute atomic E-state index is 0.217. The summed E-state index contributed by atoms with van der Waals surface area (Å²) in [7, 11) is 0. The van der Waals surface area contributed by atoms with Gasteiger partial charge < -0.3 is 4.57 Å². The normalized spacial score (nSPS) is 15.1. The second kappa shape index (κ2) is 8.67. The molecule has 1 aromatic heterocycles. The predicted molar refractivity (Wildman–Crippen MR) is 130 cm³/mol. The maximum atomic E-state index is 13.3. The molecule has 0 fully saturated rings. The zero-order valence-electron chi connectivity index (χ0n) is 18.8. The summed E-state index contributed by atoms with van der Waals surface area (Å²) in [6.07, 6.45) is 5.59. The van der Waals surface area contributed by atoms with E-state index >= 15 is 0 Å². The number of aromatic nitrogens is 1. The van der Waals surface area contributed by atoms with Gasteiger partial charge in [-0.1, -0.05) is 68.3 Å². The molecule has 0 saturated carbocycles. The zero-order valence-corrected chi connectivity index (χ0v) is 18.8. The van der Waals surface area contributed by atoms with E-state index in [1.807, 2.05) is 4.57 Å². The van der Waals surface area contributed by atoms with Gasteiger partial charge in [0.1, 0.15) is 0 Å². The highest BCUT2D eigenvalue weighted by molar-refractivity contribution is 6.40. The van der Waals surface area contributed by atoms with Gasteiger partial charge in [0, 0.05) is 28.8 Å². The minimum Gasteiger partial charge on any atom is -0.340 e. The molecule has 3 aromatic rings. The van der Waals surface area contributed by atoms with Gasteiger partial charge in [0.25, 0.3) is 0 Å². The maximum absolute atomic E-state index is 13.3. The van der Waals surface area contributed by atoms with E-state index in [-0.39, 0.29) is 23.1 Å². The van der Waals surface area contributed by atoms with Gasteiger partial charge in [0.15, 0.2) is 23.1 Å². The number of carbonyl (C=O) groups is 4. The van der Waals surface area contributed by atoms with E-state index < -0.39 is 0 Å². The predicted octanol–water partition coefficient (Wildman–Crippen LogP) is 5.60. The Balaban J connectivity index is 1.63. The third-order valence-electron chi connectivity index (χ3n) is 6.43. The van der Waals surface area contributed by atoms with Gasteiger partial charge in [-0.15, -0.1) is 0 Å². The van der Waals surface area contributed by atoms with E-state index in [1.54, 1.807) is 60.7 Å². The van der Waals surface area contributed by atoms with E-state index in [9.17, 15) is 19.2 Å². The molecule has 34 heavy (non-hydrogen) atoms. The van der Waals surface area contributed by atoms with Gasteiger partial charge in [-0.05, 0) is 30.7 Å². The Morgan fingerprint density at radius 1 is 0.588 bits per heavy atom. The Kier molecular flexibility index (Phi) is 5.54. The molecule has 0 amide bonds. The molecule has 0 spiro atoms. The van der Waals surface area contributed by atoms with Gasteiger partial charge in [0.2, 0.25) is 0 Å². The number of ketones is 4. The van der Waals surface area contributed by atoms with Crippen molar-refractivity contribution < 1.29 is 19.2 Å². The molecular formula is C29H23NO4. The van der Waals surface area contributed by atoms with Crippen LogP contribution in [0.1, 0.15) is 79.0 Å². The van der Waals surface area contributed by atoms with Crippen LogP contribution < -0.4 is 0 Å². The fourth-order valence-corrected chi connectivity index (χ4v) is 4.71. The molecule has 5 heteroatoms. The highest BCUT2D eigenvalue weighted by Crippen LogP contribution is 2.34. The van der Waals surface area contributed by atoms with Crippen LogP contribution in [0.2, 0.25) is 0 Å². The molecule has 1 heterocycles. The first kappa shape index (κ1) is 21.7. The molecule has 0 saturated heterocycles. The Morgan fingerprint density at radius 3 is 1.47 bits per heavy atom. The number of allylic oxidation sites excluding steroid dienone is 4. The Morgan fingerprint density at radius 2 is 1.03 bits per heavy atom. The summed E-state index contributed by atoms with van der Waals surface area (Å²) < 4.78 is 1.91. The summed E-state index contributed by atoms with van der Waals surface area (Å²) in [6, 6.07) is 17.1. The van der Waals surface area contributed by atoms with Gasteiger partial charge in [-0.3, -0.25) is 19.2 Å². The fraction of sp³-hybridized carbons (Fsp3) is 0.172. The van der Waals surface area contributed by atoms with Crippen molar-refractivity contribution in [3.05, 3.63) is 106 Å². The van der Waals surface area contributed by atoms with Crippen molar-refractivity contribution in [3.8, 4) is 0 Å². The fourth-order valence-electron chi connectivity index (χ4n) is 4.71. The van der Waals surface area contributed by atoms with Crippen LogP contribution in [-0.2, 0) is 6.54 Å². The van der Waals surface area contributed by atoms with Crippen molar-refractivity contribution in [1.29, 1.82) is 0 Å². The Hall–Kier alpha value is -4.12. The topological polar surface area (TPSA) is 73.2 Å². The maximum Gasteiger partial charge on any atom is 0.196 e. The molecule has 2 aliphatic rings. The van der Waals surface area contributed by atoms with Gasteiger partial charge >= 0.3 is 0 Å². The first-order valence-corrected chi connectivity index (χ1v) is 11.5. The van der Waals surface area contributed by atoms with Gasteiger partial charge in [-0.2, -0.15) is 0 Å². The summed E-state index contributed by atoms with van der Waals surface area (Å²) in [6.45, 7) is 2.66. The van der Waals surface area contributed by atoms with Crippen LogP contribution in [0.4, 0.5) is 0 Å². The second-order valence-electron chi connectivity index (χ2n) is 8.56. The number of hydrogen-bond acceptors (Lipinski definition) is 4. The average Bonchev–Trinajstić information content (AvgIpc) is 3.27. The first-order valence-electron chi connectivity index (χ1n) is 11.5. The molecule has 0 atom stereocenters. The highest BCUT2D eigenvalue weighted by Gasteiger charge is 2.31. The lowest BCUT2D eigenvalue weighted by Gasteiger charge is -2.20. The van der Waals surface area contributed by atoms with Crippen LogP contribution in [0.25, 0.3) is 11.1 Å². The summed E-state index contributed by atoms with van der Waals surface area (Å²) in [5.41, 5.74) is 3.33. The van der Waals surface area contributed by atoms with E-state index in [1.165, 1.54) is 12.2 Å². The number of unbranched alkanes of at least 4 members (excludes halogenated alkanes) is 2. The third kappa shape index (κ3) is 3.50. The molecule has 2 aromatic carbocycles. The van der Waals surface area contributed by atoms with Crippen LogP contribution in [0.5, 0.6) is 0 Å². The van der Waals surface area contributed by atoms with E-state index in [0.29, 0.717) is 51.3 Å². The Bertz CT molecular complexity index is 1330. The van der Waals surface area contributed by atoms with E-state index in [4.69, 9.17) is 0 Å². The summed E-state index contributed by atoms with van der Waals surface area (Å²) in [4.78, 5) is 52.2. The Labute approximate surface area is 197 Å². The molecule has 5 rings (SSSR count). The monoisotopic (exact) mass is 449 g/mol. The van der Waals surface area contributed by atoms with Crippen molar-refractivity contribution >= 4 is 34.3 Å². The molecule has 2 aliphatic carbocycles. The molecule has 0 bridgehead atoms. The van der Waals surface area contributed by atoms with Crippen LogP contribution in [0.15, 0.2) is 72.8 Å². The summed E-state index contributed by atoms with van der Waals surface area (Å²) in [5.74, 6) is -0.876. The van der Waals surface area contributed by atoms with Gasteiger partial charge in [0.05, 0.1) is 22.5 Å². The van der Waals surface area contributed by atoms with Crippen LogP contribution in [0.3, 0.4) is 0 Å². The van der Waals surface area contributed by atoms with Crippen LogP contribution in [0, 0.1) is 0 Å². The quantitative estimate of drug-likeness (QED) is 0.459. The smallest absolute Gasteiger partial charge is 0.196 e. The number of carbonyl (C=O) groups excluding carboxylic acids is 4. The van der Waals surface area contributed by atoms with Crippen LogP contribution in [-0.4, -0.2) is 27.7 Å². The standard InChI is InChI=1S/C29H23NO4/c1-2-3-8-15-30-24(22-16-26(31)18-9-4-6-11-20(18)28(22)33)13-14-25(30)23-17-27(32)19-10-5-7-12-21(19)29(23)34/h4-7,9-14,16-17H,2-3,8,15H2,1H3. The molecule has 0 N–H and O–H groups in total. The molecule has 5 nitrogen and oxygen atoms in total. The second-order valence-corrected chi connectivity index (χ2v) is 8.56. The number of fused-ring (bicyclic) bond motifs is 2. The van der Waals surface area contributed by atoms with Gasteiger partial charge in [-0.25, -0.2) is 0 Å².